The molecule has 1 heterocycles. The zero-order valence-corrected chi connectivity index (χ0v) is 20.1. The lowest BCUT2D eigenvalue weighted by Gasteiger charge is -2.20. The molecule has 1 aliphatic rings. The Morgan fingerprint density at radius 1 is 0.800 bits per heavy atom. The molecule has 4 rings (SSSR count). The van der Waals surface area contributed by atoms with Gasteiger partial charge in [0.1, 0.15) is 0 Å². The number of rotatable bonds is 7. The molecule has 0 atom stereocenters. The normalized spacial score (nSPS) is 13.3. The van der Waals surface area contributed by atoms with Gasteiger partial charge in [0.25, 0.3) is 11.8 Å². The van der Waals surface area contributed by atoms with E-state index < -0.39 is 17.8 Å². The van der Waals surface area contributed by atoms with Crippen LogP contribution in [0.5, 0.6) is 11.5 Å². The molecular formula is C27H22ClNO6. The van der Waals surface area contributed by atoms with Crippen LogP contribution in [0.1, 0.15) is 31.8 Å². The number of imide groups is 1. The van der Waals surface area contributed by atoms with E-state index in [-0.39, 0.29) is 12.1 Å². The second kappa shape index (κ2) is 10.0. The maximum Gasteiger partial charge on any atom is 0.336 e. The summed E-state index contributed by atoms with van der Waals surface area (Å²) in [5.74, 6) is -0.682. The van der Waals surface area contributed by atoms with E-state index in [9.17, 15) is 14.4 Å². The van der Waals surface area contributed by atoms with Gasteiger partial charge in [-0.2, -0.15) is 0 Å². The molecule has 35 heavy (non-hydrogen) atoms. The topological polar surface area (TPSA) is 82.1 Å². The second-order valence-electron chi connectivity index (χ2n) is 7.66. The van der Waals surface area contributed by atoms with Crippen LogP contribution in [-0.2, 0) is 9.53 Å². The van der Waals surface area contributed by atoms with Gasteiger partial charge < -0.3 is 14.2 Å². The zero-order valence-electron chi connectivity index (χ0n) is 19.3. The van der Waals surface area contributed by atoms with Crippen LogP contribution >= 0.6 is 11.6 Å². The Hall–Kier alpha value is -4.10. The monoisotopic (exact) mass is 491 g/mol. The highest BCUT2D eigenvalue weighted by Gasteiger charge is 2.37. The van der Waals surface area contributed by atoms with Gasteiger partial charge in [-0.25, -0.2) is 4.79 Å². The summed E-state index contributed by atoms with van der Waals surface area (Å²) in [6, 6.07) is 18.6. The molecule has 1 aliphatic heterocycles. The molecule has 3 aromatic rings. The summed E-state index contributed by atoms with van der Waals surface area (Å²) >= 11 is 6.10. The van der Waals surface area contributed by atoms with Crippen LogP contribution in [0.15, 0.2) is 72.3 Å². The number of carbonyl (C=O) groups excluding carboxylic acids is 3. The lowest BCUT2D eigenvalue weighted by molar-refractivity contribution is -0.136. The first-order valence-corrected chi connectivity index (χ1v) is 11.0. The summed E-state index contributed by atoms with van der Waals surface area (Å²) in [7, 11) is 4.28. The summed E-state index contributed by atoms with van der Waals surface area (Å²) < 4.78 is 15.9. The van der Waals surface area contributed by atoms with Crippen LogP contribution in [0.4, 0.5) is 0 Å². The van der Waals surface area contributed by atoms with E-state index in [1.54, 1.807) is 66.7 Å². The average molecular weight is 492 g/mol. The molecule has 0 aliphatic carbocycles. The standard InChI is InChI=1S/C27H22ClNO6/c1-33-22-13-10-17(14-23(22)34-2)24(16-8-11-18(28)12-9-16)21(27(32)35-3)15-29-25(30)19-6-4-5-7-20(19)26(29)31/h4-14H,15H2,1-3H3/b24-21+. The lowest BCUT2D eigenvalue weighted by Crippen LogP contribution is -2.34. The van der Waals surface area contributed by atoms with Crippen LogP contribution in [0.2, 0.25) is 5.02 Å². The van der Waals surface area contributed by atoms with Crippen molar-refractivity contribution in [3.8, 4) is 11.5 Å². The largest absolute Gasteiger partial charge is 0.493 e. The van der Waals surface area contributed by atoms with Crippen molar-refractivity contribution in [1.82, 2.24) is 4.90 Å². The number of hydrogen-bond donors (Lipinski definition) is 0. The number of halogens is 1. The lowest BCUT2D eigenvalue weighted by atomic mass is 9.92. The molecule has 2 amide bonds. The first-order valence-electron chi connectivity index (χ1n) is 10.6. The maximum absolute atomic E-state index is 13.1. The van der Waals surface area contributed by atoms with Crippen molar-refractivity contribution in [3.63, 3.8) is 0 Å². The highest BCUT2D eigenvalue weighted by molar-refractivity contribution is 6.30. The van der Waals surface area contributed by atoms with Gasteiger partial charge in [0, 0.05) is 10.6 Å². The summed E-state index contributed by atoms with van der Waals surface area (Å²) in [6.07, 6.45) is 0. The van der Waals surface area contributed by atoms with E-state index in [0.717, 1.165) is 4.90 Å². The third kappa shape index (κ3) is 4.50. The molecule has 3 aromatic carbocycles. The highest BCUT2D eigenvalue weighted by atomic mass is 35.5. The Labute approximate surface area is 207 Å². The number of nitrogens with zero attached hydrogens (tertiary/aromatic N) is 1. The quantitative estimate of drug-likeness (QED) is 0.272. The molecule has 0 N–H and O–H groups in total. The smallest absolute Gasteiger partial charge is 0.336 e. The minimum Gasteiger partial charge on any atom is -0.493 e. The fourth-order valence-electron chi connectivity index (χ4n) is 4.03. The zero-order chi connectivity index (χ0) is 25.1. The van der Waals surface area contributed by atoms with Crippen molar-refractivity contribution in [2.45, 2.75) is 0 Å². The summed E-state index contributed by atoms with van der Waals surface area (Å²) in [4.78, 5) is 40.3. The van der Waals surface area contributed by atoms with Crippen molar-refractivity contribution in [2.75, 3.05) is 27.9 Å². The average Bonchev–Trinajstić information content (AvgIpc) is 3.13. The van der Waals surface area contributed by atoms with Crippen LogP contribution in [0.25, 0.3) is 5.57 Å². The van der Waals surface area contributed by atoms with Crippen molar-refractivity contribution in [2.24, 2.45) is 0 Å². The fraction of sp³-hybridized carbons (Fsp3) is 0.148. The Balaban J connectivity index is 1.92. The summed E-state index contributed by atoms with van der Waals surface area (Å²) in [5.41, 5.74) is 2.41. The van der Waals surface area contributed by atoms with Crippen LogP contribution in [-0.4, -0.2) is 50.6 Å². The van der Waals surface area contributed by atoms with Crippen molar-refractivity contribution in [3.05, 3.63) is 99.6 Å². The van der Waals surface area contributed by atoms with E-state index in [4.69, 9.17) is 25.8 Å². The number of amides is 2. The van der Waals surface area contributed by atoms with Gasteiger partial charge in [-0.1, -0.05) is 41.9 Å². The van der Waals surface area contributed by atoms with Crippen molar-refractivity contribution < 1.29 is 28.6 Å². The number of carbonyl (C=O) groups is 3. The van der Waals surface area contributed by atoms with E-state index in [0.29, 0.717) is 44.3 Å². The number of fused-ring (bicyclic) bond motifs is 1. The molecule has 0 radical (unpaired) electrons. The van der Waals surface area contributed by atoms with Crippen molar-refractivity contribution >= 4 is 35.0 Å². The minimum absolute atomic E-state index is 0.122. The number of methoxy groups -OCH3 is 3. The molecule has 0 bridgehead atoms. The number of benzene rings is 3. The molecule has 7 nitrogen and oxygen atoms in total. The van der Waals surface area contributed by atoms with Gasteiger partial charge in [-0.05, 0) is 47.5 Å². The molecule has 0 saturated carbocycles. The predicted molar refractivity (Wildman–Crippen MR) is 131 cm³/mol. The van der Waals surface area contributed by atoms with E-state index in [2.05, 4.69) is 0 Å². The van der Waals surface area contributed by atoms with Crippen LogP contribution in [0, 0.1) is 0 Å². The number of ether oxygens (including phenoxy) is 3. The highest BCUT2D eigenvalue weighted by Crippen LogP contribution is 2.36. The van der Waals surface area contributed by atoms with Gasteiger partial charge in [-0.15, -0.1) is 0 Å². The van der Waals surface area contributed by atoms with E-state index in [1.165, 1.54) is 21.3 Å². The van der Waals surface area contributed by atoms with Crippen LogP contribution in [0.3, 0.4) is 0 Å². The second-order valence-corrected chi connectivity index (χ2v) is 8.10. The van der Waals surface area contributed by atoms with Crippen molar-refractivity contribution in [1.29, 1.82) is 0 Å². The Morgan fingerprint density at radius 3 is 1.91 bits per heavy atom. The molecule has 0 spiro atoms. The van der Waals surface area contributed by atoms with Gasteiger partial charge in [0.05, 0.1) is 44.6 Å². The summed E-state index contributed by atoms with van der Waals surface area (Å²) in [6.45, 7) is -0.286. The molecule has 0 fully saturated rings. The Kier molecular flexibility index (Phi) is 6.89. The molecule has 0 unspecified atom stereocenters. The predicted octanol–water partition coefficient (Wildman–Crippen LogP) is 4.63. The Morgan fingerprint density at radius 2 is 1.37 bits per heavy atom. The third-order valence-electron chi connectivity index (χ3n) is 5.73. The number of esters is 1. The SMILES string of the molecule is COC(=O)/C(CN1C(=O)c2ccccc2C1=O)=C(\c1ccc(Cl)cc1)c1ccc(OC)c(OC)c1. The molecule has 0 aromatic heterocycles. The molecule has 178 valence electrons. The van der Waals surface area contributed by atoms with Gasteiger partial charge in [0.15, 0.2) is 11.5 Å². The van der Waals surface area contributed by atoms with Gasteiger partial charge in [0.2, 0.25) is 0 Å². The fourth-order valence-corrected chi connectivity index (χ4v) is 4.16. The van der Waals surface area contributed by atoms with E-state index >= 15 is 0 Å². The van der Waals surface area contributed by atoms with Crippen LogP contribution < -0.4 is 9.47 Å². The third-order valence-corrected chi connectivity index (χ3v) is 5.99. The van der Waals surface area contributed by atoms with Gasteiger partial charge in [-0.3, -0.25) is 14.5 Å². The first-order chi connectivity index (χ1) is 16.9. The van der Waals surface area contributed by atoms with E-state index in [1.807, 2.05) is 0 Å². The Bertz CT molecular complexity index is 1310. The molecule has 0 saturated heterocycles. The molecular weight excluding hydrogens is 470 g/mol. The molecule has 8 heteroatoms. The number of hydrogen-bond acceptors (Lipinski definition) is 6. The minimum atomic E-state index is -0.679. The summed E-state index contributed by atoms with van der Waals surface area (Å²) in [5, 5.41) is 0.514. The maximum atomic E-state index is 13.1. The van der Waals surface area contributed by atoms with Gasteiger partial charge >= 0.3 is 5.97 Å². The first kappa shape index (κ1) is 24.0.